The minimum absolute atomic E-state index is 0.0343. The van der Waals surface area contributed by atoms with Gasteiger partial charge in [0.15, 0.2) is 0 Å². The molecule has 0 saturated carbocycles. The molecule has 1 aromatic heterocycles. The minimum Gasteiger partial charge on any atom is -0.347 e. The fourth-order valence-corrected chi connectivity index (χ4v) is 2.19. The fourth-order valence-electron chi connectivity index (χ4n) is 2.19. The van der Waals surface area contributed by atoms with Crippen molar-refractivity contribution < 1.29 is 4.79 Å². The Hall–Kier alpha value is -1.81. The zero-order valence-corrected chi connectivity index (χ0v) is 12.4. The minimum atomic E-state index is -0.201. The zero-order valence-electron chi connectivity index (χ0n) is 12.4. The molecule has 0 bridgehead atoms. The van der Waals surface area contributed by atoms with Crippen LogP contribution in [0, 0.1) is 5.92 Å². The molecule has 0 aliphatic rings. The van der Waals surface area contributed by atoms with Gasteiger partial charge in [0, 0.05) is 24.5 Å². The Labute approximate surface area is 120 Å². The number of aryl methyl sites for hydroxylation is 1. The van der Waals surface area contributed by atoms with Gasteiger partial charge in [0.2, 0.25) is 5.91 Å². The molecule has 1 aromatic carbocycles. The van der Waals surface area contributed by atoms with Gasteiger partial charge in [-0.1, -0.05) is 19.9 Å². The highest BCUT2D eigenvalue weighted by Gasteiger charge is 2.17. The molecule has 0 aliphatic carbocycles. The number of carbonyl (C=O) groups excluding carboxylic acids is 1. The number of rotatable bonds is 5. The average molecular weight is 273 g/mol. The van der Waals surface area contributed by atoms with Crippen molar-refractivity contribution >= 4 is 22.5 Å². The van der Waals surface area contributed by atoms with Gasteiger partial charge in [-0.2, -0.15) is 0 Å². The van der Waals surface area contributed by atoms with Crippen LogP contribution in [-0.2, 0) is 11.3 Å². The number of carbonyl (C=O) groups is 1. The Morgan fingerprint density at radius 2 is 2.10 bits per heavy atom. The second-order valence-electron chi connectivity index (χ2n) is 5.42. The summed E-state index contributed by atoms with van der Waals surface area (Å²) in [7, 11) is 0. The summed E-state index contributed by atoms with van der Waals surface area (Å²) >= 11 is 0. The molecule has 4 nitrogen and oxygen atoms in total. The molecule has 3 N–H and O–H groups in total. The van der Waals surface area contributed by atoms with Crippen molar-refractivity contribution in [1.29, 1.82) is 0 Å². The summed E-state index contributed by atoms with van der Waals surface area (Å²) in [5.74, 6) is -0.235. The van der Waals surface area contributed by atoms with E-state index in [0.717, 1.165) is 24.2 Å². The summed E-state index contributed by atoms with van der Waals surface area (Å²) in [6, 6.07) is 7.94. The molecule has 108 valence electrons. The third-order valence-corrected chi connectivity index (χ3v) is 3.71. The predicted octanol–water partition coefficient (Wildman–Crippen LogP) is 2.97. The summed E-state index contributed by atoms with van der Waals surface area (Å²) < 4.78 is 2.21. The van der Waals surface area contributed by atoms with Gasteiger partial charge in [-0.3, -0.25) is 4.79 Å². The van der Waals surface area contributed by atoms with Crippen LogP contribution in [0.25, 0.3) is 10.9 Å². The summed E-state index contributed by atoms with van der Waals surface area (Å²) in [6.07, 6.45) is 3.17. The molecule has 0 fully saturated rings. The summed E-state index contributed by atoms with van der Waals surface area (Å²) in [5, 5.41) is 4.13. The SMILES string of the molecule is CCCn1ccc2ccc(NC(=O)C(C)C(C)N)cc21. The van der Waals surface area contributed by atoms with Crippen LogP contribution in [0.4, 0.5) is 5.69 Å². The van der Waals surface area contributed by atoms with E-state index in [9.17, 15) is 4.79 Å². The van der Waals surface area contributed by atoms with Gasteiger partial charge in [0.05, 0.1) is 11.4 Å². The Balaban J connectivity index is 2.22. The van der Waals surface area contributed by atoms with Crippen molar-refractivity contribution in [3.8, 4) is 0 Å². The lowest BCUT2D eigenvalue weighted by Gasteiger charge is -2.15. The fraction of sp³-hybridized carbons (Fsp3) is 0.438. The number of amides is 1. The maximum Gasteiger partial charge on any atom is 0.228 e. The topological polar surface area (TPSA) is 60.0 Å². The van der Waals surface area contributed by atoms with Crippen LogP contribution in [-0.4, -0.2) is 16.5 Å². The zero-order chi connectivity index (χ0) is 14.7. The van der Waals surface area contributed by atoms with Crippen LogP contribution in [0.2, 0.25) is 0 Å². The quantitative estimate of drug-likeness (QED) is 0.879. The Morgan fingerprint density at radius 1 is 1.35 bits per heavy atom. The predicted molar refractivity (Wildman–Crippen MR) is 83.7 cm³/mol. The van der Waals surface area contributed by atoms with Gasteiger partial charge < -0.3 is 15.6 Å². The normalized spacial score (nSPS) is 14.2. The number of nitrogens with two attached hydrogens (primary N) is 1. The Bertz CT molecular complexity index is 601. The first-order valence-electron chi connectivity index (χ1n) is 7.18. The van der Waals surface area contributed by atoms with Crippen molar-refractivity contribution in [2.24, 2.45) is 11.7 Å². The largest absolute Gasteiger partial charge is 0.347 e. The van der Waals surface area contributed by atoms with Gasteiger partial charge in [-0.15, -0.1) is 0 Å². The smallest absolute Gasteiger partial charge is 0.228 e. The van der Waals surface area contributed by atoms with E-state index in [0.29, 0.717) is 0 Å². The maximum atomic E-state index is 12.0. The molecule has 2 unspecified atom stereocenters. The number of aromatic nitrogens is 1. The van der Waals surface area contributed by atoms with Crippen LogP contribution < -0.4 is 11.1 Å². The van der Waals surface area contributed by atoms with Crippen LogP contribution in [0.1, 0.15) is 27.2 Å². The molecule has 0 aliphatic heterocycles. The van der Waals surface area contributed by atoms with E-state index < -0.39 is 0 Å². The van der Waals surface area contributed by atoms with Crippen molar-refractivity contribution in [2.75, 3.05) is 5.32 Å². The number of hydrogen-bond acceptors (Lipinski definition) is 2. The number of hydrogen-bond donors (Lipinski definition) is 2. The number of nitrogens with one attached hydrogen (secondary N) is 1. The van der Waals surface area contributed by atoms with Gasteiger partial charge in [-0.05, 0) is 36.9 Å². The standard InChI is InChI=1S/C16H23N3O/c1-4-8-19-9-7-13-5-6-14(10-15(13)19)18-16(20)11(2)12(3)17/h5-7,9-12H,4,8,17H2,1-3H3,(H,18,20). The number of anilines is 1. The molecule has 0 saturated heterocycles. The molecule has 0 radical (unpaired) electrons. The van der Waals surface area contributed by atoms with E-state index in [1.54, 1.807) is 0 Å². The van der Waals surface area contributed by atoms with Crippen LogP contribution >= 0.6 is 0 Å². The molecule has 20 heavy (non-hydrogen) atoms. The van der Waals surface area contributed by atoms with Crippen molar-refractivity contribution in [1.82, 2.24) is 4.57 Å². The van der Waals surface area contributed by atoms with E-state index in [2.05, 4.69) is 29.1 Å². The average Bonchev–Trinajstić information content (AvgIpc) is 2.81. The lowest BCUT2D eigenvalue weighted by Crippen LogP contribution is -2.34. The van der Waals surface area contributed by atoms with Gasteiger partial charge in [-0.25, -0.2) is 0 Å². The van der Waals surface area contributed by atoms with Gasteiger partial charge >= 0.3 is 0 Å². The lowest BCUT2D eigenvalue weighted by molar-refractivity contribution is -0.119. The van der Waals surface area contributed by atoms with Crippen molar-refractivity contribution in [3.63, 3.8) is 0 Å². The molecule has 2 aromatic rings. The highest BCUT2D eigenvalue weighted by Crippen LogP contribution is 2.21. The highest BCUT2D eigenvalue weighted by atomic mass is 16.1. The first-order chi connectivity index (χ1) is 9.52. The van der Waals surface area contributed by atoms with Crippen LogP contribution in [0.5, 0.6) is 0 Å². The Morgan fingerprint density at radius 3 is 2.75 bits per heavy atom. The first kappa shape index (κ1) is 14.6. The third-order valence-electron chi connectivity index (χ3n) is 3.71. The second-order valence-corrected chi connectivity index (χ2v) is 5.42. The molecule has 2 atom stereocenters. The molecular weight excluding hydrogens is 250 g/mol. The van der Waals surface area contributed by atoms with E-state index in [1.165, 1.54) is 5.39 Å². The molecule has 1 heterocycles. The third kappa shape index (κ3) is 3.02. The molecule has 1 amide bonds. The van der Waals surface area contributed by atoms with Crippen LogP contribution in [0.3, 0.4) is 0 Å². The van der Waals surface area contributed by atoms with Gasteiger partial charge in [0.1, 0.15) is 0 Å². The lowest BCUT2D eigenvalue weighted by atomic mass is 10.0. The van der Waals surface area contributed by atoms with Crippen molar-refractivity contribution in [2.45, 2.75) is 39.8 Å². The second kappa shape index (κ2) is 6.09. The van der Waals surface area contributed by atoms with Crippen LogP contribution in [0.15, 0.2) is 30.5 Å². The van der Waals surface area contributed by atoms with E-state index in [4.69, 9.17) is 5.73 Å². The van der Waals surface area contributed by atoms with E-state index in [-0.39, 0.29) is 17.9 Å². The number of benzene rings is 1. The first-order valence-corrected chi connectivity index (χ1v) is 7.18. The maximum absolute atomic E-state index is 12.0. The monoisotopic (exact) mass is 273 g/mol. The number of nitrogens with zero attached hydrogens (tertiary/aromatic N) is 1. The molecule has 0 spiro atoms. The summed E-state index contributed by atoms with van der Waals surface area (Å²) in [5.41, 5.74) is 7.74. The van der Waals surface area contributed by atoms with E-state index >= 15 is 0 Å². The Kier molecular flexibility index (Phi) is 4.45. The molecule has 2 rings (SSSR count). The van der Waals surface area contributed by atoms with E-state index in [1.807, 2.05) is 32.0 Å². The summed E-state index contributed by atoms with van der Waals surface area (Å²) in [4.78, 5) is 12.0. The van der Waals surface area contributed by atoms with Crippen molar-refractivity contribution in [3.05, 3.63) is 30.5 Å². The van der Waals surface area contributed by atoms with Gasteiger partial charge in [0.25, 0.3) is 0 Å². The summed E-state index contributed by atoms with van der Waals surface area (Å²) in [6.45, 7) is 6.83. The highest BCUT2D eigenvalue weighted by molar-refractivity contribution is 5.95. The molecule has 4 heteroatoms. The molecular formula is C16H23N3O. The number of fused-ring (bicyclic) bond motifs is 1.